The van der Waals surface area contributed by atoms with Crippen molar-refractivity contribution in [1.82, 2.24) is 0 Å². The molecule has 0 aliphatic heterocycles. The number of carbonyl (C=O) groups excluding carboxylic acids is 3. The first-order valence-electron chi connectivity index (χ1n) is 11.8. The van der Waals surface area contributed by atoms with Gasteiger partial charge in [0.2, 0.25) is 0 Å². The number of hydrogen-bond donors (Lipinski definition) is 0. The van der Waals surface area contributed by atoms with Crippen molar-refractivity contribution in [1.29, 1.82) is 0 Å². The summed E-state index contributed by atoms with van der Waals surface area (Å²) < 4.78 is 33.3. The molecule has 0 heterocycles. The molecule has 3 aromatic rings. The van der Waals surface area contributed by atoms with E-state index in [9.17, 15) is 14.4 Å². The molecular weight excluding hydrogens is 713 g/mol. The number of esters is 3. The Morgan fingerprint density at radius 3 is 0.900 bits per heavy atom. The Morgan fingerprint density at radius 1 is 0.475 bits per heavy atom. The minimum absolute atomic E-state index is 0.279. The molecular formula is C30H27BiO9. The monoisotopic (exact) mass is 740 g/mol. The van der Waals surface area contributed by atoms with E-state index in [1.165, 1.54) is 0 Å². The normalized spacial score (nSPS) is 10.2. The zero-order valence-electron chi connectivity index (χ0n) is 22.2. The van der Waals surface area contributed by atoms with E-state index in [1.807, 2.05) is 0 Å². The van der Waals surface area contributed by atoms with Crippen LogP contribution in [0.4, 0.5) is 0 Å². The fourth-order valence-corrected chi connectivity index (χ4v) is 6.78. The average molecular weight is 741 g/mol. The van der Waals surface area contributed by atoms with Crippen LogP contribution in [0.2, 0.25) is 0 Å². The maximum absolute atomic E-state index is 12.1. The van der Waals surface area contributed by atoms with E-state index >= 15 is 0 Å². The van der Waals surface area contributed by atoms with Crippen molar-refractivity contribution >= 4 is 41.0 Å². The van der Waals surface area contributed by atoms with Gasteiger partial charge in [-0.2, -0.15) is 0 Å². The maximum atomic E-state index is 12.1. The van der Waals surface area contributed by atoms with Crippen molar-refractivity contribution in [3.63, 3.8) is 0 Å². The molecule has 40 heavy (non-hydrogen) atoms. The summed E-state index contributed by atoms with van der Waals surface area (Å²) in [6.45, 7) is 15.4. The van der Waals surface area contributed by atoms with E-state index in [0.29, 0.717) is 33.9 Å². The first-order chi connectivity index (χ1) is 19.0. The number of allylic oxidation sites excluding steroid dienone is 3. The fourth-order valence-electron chi connectivity index (χ4n) is 2.92. The van der Waals surface area contributed by atoms with Crippen LogP contribution in [0.1, 0.15) is 51.8 Å². The zero-order chi connectivity index (χ0) is 29.2. The Labute approximate surface area is 241 Å². The molecule has 0 spiro atoms. The number of carbonyl (C=O) groups is 3. The second kappa shape index (κ2) is 14.1. The van der Waals surface area contributed by atoms with Crippen LogP contribution in [0.15, 0.2) is 110 Å². The third-order valence-electron chi connectivity index (χ3n) is 4.61. The molecule has 206 valence electrons. The summed E-state index contributed by atoms with van der Waals surface area (Å²) >= 11 is -3.78. The predicted octanol–water partition coefficient (Wildman–Crippen LogP) is 6.28. The summed E-state index contributed by atoms with van der Waals surface area (Å²) in [5, 5.41) is 0. The molecule has 0 bridgehead atoms. The van der Waals surface area contributed by atoms with Gasteiger partial charge in [-0.3, -0.25) is 0 Å². The van der Waals surface area contributed by atoms with Crippen molar-refractivity contribution in [2.75, 3.05) is 0 Å². The van der Waals surface area contributed by atoms with Crippen LogP contribution in [0, 0.1) is 0 Å². The quantitative estimate of drug-likeness (QED) is 0.0919. The Hall–Kier alpha value is -4.43. The molecule has 0 aromatic heterocycles. The van der Waals surface area contributed by atoms with E-state index in [1.54, 1.807) is 93.6 Å². The Kier molecular flexibility index (Phi) is 10.6. The van der Waals surface area contributed by atoms with Gasteiger partial charge in [0.1, 0.15) is 0 Å². The molecule has 0 amide bonds. The van der Waals surface area contributed by atoms with Crippen molar-refractivity contribution in [2.24, 2.45) is 0 Å². The topological polar surface area (TPSA) is 107 Å². The Balaban J connectivity index is 1.79. The SMILES string of the molecule is C=C(C)OC(=O)c1ccc([O][Bi]([O]c2ccc(C(=O)OC(=C)C)cc2)[O]c2ccc(C(=O)OC(=C)C)cc2)cc1. The first-order valence-corrected chi connectivity index (χ1v) is 16.0. The van der Waals surface area contributed by atoms with Gasteiger partial charge in [-0.05, 0) is 0 Å². The molecule has 3 aromatic carbocycles. The van der Waals surface area contributed by atoms with Gasteiger partial charge in [-0.25, -0.2) is 0 Å². The number of rotatable bonds is 12. The minimum atomic E-state index is -3.78. The third kappa shape index (κ3) is 9.40. The van der Waals surface area contributed by atoms with Gasteiger partial charge in [-0.1, -0.05) is 0 Å². The van der Waals surface area contributed by atoms with E-state index in [-0.39, 0.29) is 17.3 Å². The van der Waals surface area contributed by atoms with Gasteiger partial charge in [-0.15, -0.1) is 0 Å². The second-order valence-corrected chi connectivity index (χ2v) is 12.2. The summed E-state index contributed by atoms with van der Waals surface area (Å²) in [6.07, 6.45) is 0. The van der Waals surface area contributed by atoms with Crippen LogP contribution in [0.5, 0.6) is 17.2 Å². The van der Waals surface area contributed by atoms with E-state index in [2.05, 4.69) is 19.7 Å². The van der Waals surface area contributed by atoms with Crippen molar-refractivity contribution in [3.8, 4) is 17.2 Å². The van der Waals surface area contributed by atoms with Gasteiger partial charge < -0.3 is 0 Å². The van der Waals surface area contributed by atoms with Crippen LogP contribution >= 0.6 is 0 Å². The molecule has 0 saturated heterocycles. The molecule has 0 saturated carbocycles. The fraction of sp³-hybridized carbons (Fsp3) is 0.100. The van der Waals surface area contributed by atoms with Gasteiger partial charge in [0.15, 0.2) is 0 Å². The molecule has 0 atom stereocenters. The van der Waals surface area contributed by atoms with E-state index in [4.69, 9.17) is 22.7 Å². The van der Waals surface area contributed by atoms with Crippen molar-refractivity contribution in [3.05, 3.63) is 127 Å². The van der Waals surface area contributed by atoms with Crippen LogP contribution in [-0.4, -0.2) is 41.0 Å². The average Bonchev–Trinajstić information content (AvgIpc) is 2.88. The number of benzene rings is 3. The molecule has 0 N–H and O–H groups in total. The van der Waals surface area contributed by atoms with Gasteiger partial charge >= 0.3 is 243 Å². The zero-order valence-corrected chi connectivity index (χ0v) is 25.6. The Morgan fingerprint density at radius 2 is 0.700 bits per heavy atom. The van der Waals surface area contributed by atoms with Crippen LogP contribution in [0.3, 0.4) is 0 Å². The summed E-state index contributed by atoms with van der Waals surface area (Å²) in [5.41, 5.74) is 0.952. The van der Waals surface area contributed by atoms with Crippen LogP contribution in [-0.2, 0) is 14.2 Å². The summed E-state index contributed by atoms with van der Waals surface area (Å²) in [6, 6.07) is 18.9. The van der Waals surface area contributed by atoms with Crippen molar-refractivity contribution in [2.45, 2.75) is 20.8 Å². The van der Waals surface area contributed by atoms with E-state index in [0.717, 1.165) is 0 Å². The summed E-state index contributed by atoms with van der Waals surface area (Å²) in [5.74, 6) is 0.446. The summed E-state index contributed by atoms with van der Waals surface area (Å²) in [7, 11) is 0. The van der Waals surface area contributed by atoms with Crippen molar-refractivity contribution < 1.29 is 37.0 Å². The number of hydrogen-bond acceptors (Lipinski definition) is 9. The Bertz CT molecular complexity index is 1230. The standard InChI is InChI=1S/3C10H10O3.Bi/c3*1-7(2)13-10(12)8-3-5-9(11)6-4-8;/h3*3-6,11H,1H2,2H3;/q;;;+3/p-3. The van der Waals surface area contributed by atoms with Gasteiger partial charge in [0.25, 0.3) is 0 Å². The summed E-state index contributed by atoms with van der Waals surface area (Å²) in [4.78, 5) is 36.3. The molecule has 0 unspecified atom stereocenters. The second-order valence-electron chi connectivity index (χ2n) is 8.35. The molecule has 0 aliphatic carbocycles. The number of ether oxygens (including phenoxy) is 3. The molecule has 9 nitrogen and oxygen atoms in total. The third-order valence-corrected chi connectivity index (χ3v) is 8.81. The molecule has 0 radical (unpaired) electrons. The molecule has 10 heteroatoms. The van der Waals surface area contributed by atoms with Gasteiger partial charge in [0, 0.05) is 0 Å². The van der Waals surface area contributed by atoms with Crippen LogP contribution in [0.25, 0.3) is 0 Å². The van der Waals surface area contributed by atoms with E-state index < -0.39 is 41.0 Å². The predicted molar refractivity (Wildman–Crippen MR) is 148 cm³/mol. The van der Waals surface area contributed by atoms with Crippen LogP contribution < -0.4 is 8.44 Å². The first kappa shape index (κ1) is 30.1. The molecule has 3 rings (SSSR count). The molecule has 0 aliphatic rings. The molecule has 0 fully saturated rings. The van der Waals surface area contributed by atoms with Gasteiger partial charge in [0.05, 0.1) is 0 Å².